The maximum atomic E-state index is 13.4. The maximum absolute atomic E-state index is 13.4. The molecule has 8 nitrogen and oxygen atoms in total. The summed E-state index contributed by atoms with van der Waals surface area (Å²) < 4.78 is 7.91. The molecule has 9 heteroatoms. The van der Waals surface area contributed by atoms with Gasteiger partial charge in [-0.05, 0) is 67.4 Å². The van der Waals surface area contributed by atoms with Crippen molar-refractivity contribution in [3.05, 3.63) is 89.0 Å². The zero-order chi connectivity index (χ0) is 27.1. The molecule has 0 saturated heterocycles. The van der Waals surface area contributed by atoms with Crippen molar-refractivity contribution in [3.8, 4) is 22.6 Å². The fourth-order valence-corrected chi connectivity index (χ4v) is 4.37. The number of anilines is 2. The first kappa shape index (κ1) is 26.9. The van der Waals surface area contributed by atoms with Gasteiger partial charge in [0, 0.05) is 22.3 Å². The summed E-state index contributed by atoms with van der Waals surface area (Å²) in [5.74, 6) is 0.934. The number of amides is 3. The zero-order valence-corrected chi connectivity index (χ0v) is 23.2. The van der Waals surface area contributed by atoms with Gasteiger partial charge in [-0.15, -0.1) is 0 Å². The number of halogens is 1. The number of hydrogen-bond donors (Lipinski definition) is 2. The molecule has 0 unspecified atom stereocenters. The largest absolute Gasteiger partial charge is 0.497 e. The first-order valence-corrected chi connectivity index (χ1v) is 13.1. The predicted octanol–water partition coefficient (Wildman–Crippen LogP) is 6.50. The smallest absolute Gasteiger partial charge is 0.322 e. The number of carbonyl (C=O) groups excluding carboxylic acids is 2. The Kier molecular flexibility index (Phi) is 8.81. The van der Waals surface area contributed by atoms with Crippen LogP contribution in [0.4, 0.5) is 16.3 Å². The average Bonchev–Trinajstić information content (AvgIpc) is 3.25. The lowest BCUT2D eigenvalue weighted by atomic mass is 10.1. The van der Waals surface area contributed by atoms with Crippen molar-refractivity contribution >= 4 is 39.4 Å². The number of methoxy groups -OCH3 is 1. The van der Waals surface area contributed by atoms with E-state index in [1.54, 1.807) is 23.9 Å². The third-order valence-corrected chi connectivity index (χ3v) is 6.44. The Hall–Kier alpha value is -4.11. The number of nitrogens with zero attached hydrogens (tertiary/aromatic N) is 3. The maximum Gasteiger partial charge on any atom is 0.322 e. The van der Waals surface area contributed by atoms with E-state index in [-0.39, 0.29) is 18.5 Å². The van der Waals surface area contributed by atoms with Gasteiger partial charge >= 0.3 is 6.03 Å². The van der Waals surface area contributed by atoms with E-state index in [1.807, 2.05) is 80.6 Å². The molecule has 0 bridgehead atoms. The quantitative estimate of drug-likeness (QED) is 0.238. The van der Waals surface area contributed by atoms with Crippen molar-refractivity contribution in [1.29, 1.82) is 0 Å². The molecule has 0 aliphatic rings. The van der Waals surface area contributed by atoms with Crippen molar-refractivity contribution in [3.63, 3.8) is 0 Å². The highest BCUT2D eigenvalue weighted by molar-refractivity contribution is 9.10. The Morgan fingerprint density at radius 3 is 2.29 bits per heavy atom. The summed E-state index contributed by atoms with van der Waals surface area (Å²) >= 11 is 3.39. The van der Waals surface area contributed by atoms with Crippen molar-refractivity contribution < 1.29 is 14.3 Å². The molecule has 4 aromatic rings. The van der Waals surface area contributed by atoms with Gasteiger partial charge < -0.3 is 20.3 Å². The number of benzene rings is 3. The van der Waals surface area contributed by atoms with Gasteiger partial charge in [0.15, 0.2) is 0 Å². The molecule has 4 rings (SSSR count). The molecule has 3 aromatic carbocycles. The molecular weight excluding hydrogens is 546 g/mol. The normalized spacial score (nSPS) is 10.6. The Balaban J connectivity index is 1.62. The third-order valence-electron chi connectivity index (χ3n) is 5.91. The predicted molar refractivity (Wildman–Crippen MR) is 154 cm³/mol. The number of aromatic nitrogens is 2. The molecule has 196 valence electrons. The second-order valence-corrected chi connectivity index (χ2v) is 9.61. The van der Waals surface area contributed by atoms with E-state index in [4.69, 9.17) is 9.84 Å². The van der Waals surface area contributed by atoms with Crippen LogP contribution < -0.4 is 15.4 Å². The summed E-state index contributed by atoms with van der Waals surface area (Å²) in [6.07, 6.45) is 0.708. The van der Waals surface area contributed by atoms with Crippen LogP contribution in [0.5, 0.6) is 5.75 Å². The van der Waals surface area contributed by atoms with Crippen LogP contribution in [-0.2, 0) is 4.79 Å². The topological polar surface area (TPSA) is 88.5 Å². The van der Waals surface area contributed by atoms with Gasteiger partial charge in [0.2, 0.25) is 5.91 Å². The number of carbonyl (C=O) groups is 2. The summed E-state index contributed by atoms with van der Waals surface area (Å²) in [4.78, 5) is 27.9. The van der Waals surface area contributed by atoms with E-state index < -0.39 is 0 Å². The molecule has 0 fully saturated rings. The van der Waals surface area contributed by atoms with E-state index in [0.717, 1.165) is 32.7 Å². The van der Waals surface area contributed by atoms with E-state index in [0.29, 0.717) is 24.5 Å². The fourth-order valence-electron chi connectivity index (χ4n) is 4.11. The van der Waals surface area contributed by atoms with Gasteiger partial charge in [-0.2, -0.15) is 5.10 Å². The Morgan fingerprint density at radius 1 is 0.974 bits per heavy atom. The van der Waals surface area contributed by atoms with Crippen molar-refractivity contribution in [2.45, 2.75) is 20.3 Å². The minimum Gasteiger partial charge on any atom is -0.497 e. The molecule has 0 spiro atoms. The van der Waals surface area contributed by atoms with Crippen LogP contribution in [0.25, 0.3) is 16.8 Å². The van der Waals surface area contributed by atoms with Gasteiger partial charge in [0.05, 0.1) is 18.5 Å². The standard InChI is InChI=1S/C29H30BrN5O3/c1-4-18-34(29(37)31-23-12-10-22(30)11-13-23)19-26(36)32-28-27(21-8-6-5-7-9-21)20(2)33-35(28)24-14-16-25(38-3)17-15-24/h5-17H,4,18-19H2,1-3H3,(H,31,37)(H,32,36). The Labute approximate surface area is 230 Å². The van der Waals surface area contributed by atoms with Crippen LogP contribution in [0, 0.1) is 6.92 Å². The first-order valence-electron chi connectivity index (χ1n) is 12.3. The molecule has 1 aromatic heterocycles. The second-order valence-electron chi connectivity index (χ2n) is 8.69. The molecule has 0 aliphatic carbocycles. The van der Waals surface area contributed by atoms with Gasteiger partial charge in [-0.3, -0.25) is 4.79 Å². The lowest BCUT2D eigenvalue weighted by molar-refractivity contribution is -0.116. The third kappa shape index (κ3) is 6.41. The van der Waals surface area contributed by atoms with Gasteiger partial charge in [0.1, 0.15) is 18.1 Å². The summed E-state index contributed by atoms with van der Waals surface area (Å²) in [6, 6.07) is 24.2. The SMILES string of the molecule is CCCN(CC(=O)Nc1c(-c2ccccc2)c(C)nn1-c1ccc(OC)cc1)C(=O)Nc1ccc(Br)cc1. The van der Waals surface area contributed by atoms with E-state index >= 15 is 0 Å². The van der Waals surface area contributed by atoms with Crippen molar-refractivity contribution in [2.75, 3.05) is 30.8 Å². The molecule has 0 atom stereocenters. The van der Waals surface area contributed by atoms with Crippen LogP contribution in [0.2, 0.25) is 0 Å². The molecule has 38 heavy (non-hydrogen) atoms. The molecule has 0 saturated carbocycles. The number of rotatable bonds is 9. The molecule has 0 aliphatic heterocycles. The Bertz CT molecular complexity index is 1390. The molecule has 1 heterocycles. The number of hydrogen-bond acceptors (Lipinski definition) is 4. The van der Waals surface area contributed by atoms with Gasteiger partial charge in [-0.1, -0.05) is 53.2 Å². The monoisotopic (exact) mass is 575 g/mol. The lowest BCUT2D eigenvalue weighted by Gasteiger charge is -2.22. The van der Waals surface area contributed by atoms with Crippen LogP contribution in [0.15, 0.2) is 83.3 Å². The van der Waals surface area contributed by atoms with Gasteiger partial charge in [-0.25, -0.2) is 9.48 Å². The van der Waals surface area contributed by atoms with Crippen LogP contribution in [0.1, 0.15) is 19.0 Å². The number of urea groups is 1. The zero-order valence-electron chi connectivity index (χ0n) is 21.6. The minimum absolute atomic E-state index is 0.114. The van der Waals surface area contributed by atoms with E-state index in [9.17, 15) is 9.59 Å². The fraction of sp³-hybridized carbons (Fsp3) is 0.207. The summed E-state index contributed by atoms with van der Waals surface area (Å²) in [7, 11) is 1.61. The lowest BCUT2D eigenvalue weighted by Crippen LogP contribution is -2.41. The molecule has 3 amide bonds. The first-order chi connectivity index (χ1) is 18.4. The van der Waals surface area contributed by atoms with Crippen LogP contribution in [-0.4, -0.2) is 46.8 Å². The minimum atomic E-state index is -0.340. The highest BCUT2D eigenvalue weighted by Gasteiger charge is 2.23. The Morgan fingerprint density at radius 2 is 1.66 bits per heavy atom. The molecule has 0 radical (unpaired) electrons. The molecule has 2 N–H and O–H groups in total. The highest BCUT2D eigenvalue weighted by Crippen LogP contribution is 2.33. The van der Waals surface area contributed by atoms with Crippen molar-refractivity contribution in [1.82, 2.24) is 14.7 Å². The van der Waals surface area contributed by atoms with E-state index in [2.05, 4.69) is 26.6 Å². The average molecular weight is 576 g/mol. The highest BCUT2D eigenvalue weighted by atomic mass is 79.9. The van der Waals surface area contributed by atoms with Crippen LogP contribution >= 0.6 is 15.9 Å². The summed E-state index contributed by atoms with van der Waals surface area (Å²) in [5.41, 5.74) is 3.93. The number of nitrogens with one attached hydrogen (secondary N) is 2. The summed E-state index contributed by atoms with van der Waals surface area (Å²) in [5, 5.41) is 10.7. The van der Waals surface area contributed by atoms with Gasteiger partial charge in [0.25, 0.3) is 0 Å². The number of ether oxygens (including phenoxy) is 1. The van der Waals surface area contributed by atoms with Crippen LogP contribution in [0.3, 0.4) is 0 Å². The molecular formula is C29H30BrN5O3. The van der Waals surface area contributed by atoms with E-state index in [1.165, 1.54) is 4.90 Å². The summed E-state index contributed by atoms with van der Waals surface area (Å²) in [6.45, 7) is 4.19. The van der Waals surface area contributed by atoms with Crippen molar-refractivity contribution in [2.24, 2.45) is 0 Å². The second kappa shape index (κ2) is 12.4. The number of aryl methyl sites for hydroxylation is 1.